The van der Waals surface area contributed by atoms with Gasteiger partial charge >= 0.3 is 0 Å². The highest BCUT2D eigenvalue weighted by molar-refractivity contribution is 5.64. The van der Waals surface area contributed by atoms with Gasteiger partial charge in [0.15, 0.2) is 0 Å². The first-order valence-corrected chi connectivity index (χ1v) is 12.5. The van der Waals surface area contributed by atoms with Gasteiger partial charge in [0.1, 0.15) is 0 Å². The van der Waals surface area contributed by atoms with Gasteiger partial charge in [0.25, 0.3) is 0 Å². The Morgan fingerprint density at radius 3 is 1.83 bits per heavy atom. The summed E-state index contributed by atoms with van der Waals surface area (Å²) in [5.41, 5.74) is 5.77. The molecule has 1 aliphatic carbocycles. The van der Waals surface area contributed by atoms with Crippen LogP contribution >= 0.6 is 0 Å². The number of benzene rings is 2. The fourth-order valence-corrected chi connectivity index (χ4v) is 5.02. The quantitative estimate of drug-likeness (QED) is 0.335. The third-order valence-electron chi connectivity index (χ3n) is 7.05. The topological polar surface area (TPSA) is 0 Å². The minimum absolute atomic E-state index is 0.789. The van der Waals surface area contributed by atoms with Gasteiger partial charge in [-0.2, -0.15) is 0 Å². The normalized spacial score (nSPS) is 19.4. The van der Waals surface area contributed by atoms with Gasteiger partial charge in [-0.25, -0.2) is 0 Å². The van der Waals surface area contributed by atoms with Crippen LogP contribution in [-0.4, -0.2) is 0 Å². The zero-order valence-electron chi connectivity index (χ0n) is 19.0. The van der Waals surface area contributed by atoms with Crippen LogP contribution in [-0.2, 0) is 6.42 Å². The van der Waals surface area contributed by atoms with Crippen molar-refractivity contribution in [3.63, 3.8) is 0 Å². The van der Waals surface area contributed by atoms with Gasteiger partial charge in [0, 0.05) is 0 Å². The maximum absolute atomic E-state index is 2.40. The highest BCUT2D eigenvalue weighted by atomic mass is 14.3. The molecule has 1 fully saturated rings. The fraction of sp³-hybridized carbons (Fsp3) is 0.586. The minimum atomic E-state index is 0.789. The van der Waals surface area contributed by atoms with Gasteiger partial charge in [-0.3, -0.25) is 0 Å². The molecule has 1 saturated carbocycles. The van der Waals surface area contributed by atoms with Crippen LogP contribution in [0.5, 0.6) is 0 Å². The first kappa shape index (κ1) is 22.1. The Morgan fingerprint density at radius 1 is 0.621 bits per heavy atom. The van der Waals surface area contributed by atoms with E-state index >= 15 is 0 Å². The van der Waals surface area contributed by atoms with Gasteiger partial charge < -0.3 is 0 Å². The predicted octanol–water partition coefficient (Wildman–Crippen LogP) is 9.33. The van der Waals surface area contributed by atoms with E-state index in [0.717, 1.165) is 11.8 Å². The molecule has 0 atom stereocenters. The molecule has 3 rings (SSSR count). The third-order valence-corrected chi connectivity index (χ3v) is 7.05. The van der Waals surface area contributed by atoms with Crippen molar-refractivity contribution in [1.29, 1.82) is 0 Å². The average Bonchev–Trinajstić information content (AvgIpc) is 2.78. The molecule has 1 aliphatic rings. The van der Waals surface area contributed by atoms with Crippen molar-refractivity contribution in [2.75, 3.05) is 0 Å². The Labute approximate surface area is 180 Å². The number of rotatable bonds is 11. The Hall–Kier alpha value is -1.56. The average molecular weight is 391 g/mol. The lowest BCUT2D eigenvalue weighted by atomic mass is 9.77. The Morgan fingerprint density at radius 2 is 1.21 bits per heavy atom. The van der Waals surface area contributed by atoms with Crippen molar-refractivity contribution in [3.05, 3.63) is 59.7 Å². The van der Waals surface area contributed by atoms with Gasteiger partial charge in [-0.1, -0.05) is 107 Å². The molecule has 0 aromatic heterocycles. The first-order chi connectivity index (χ1) is 14.3. The summed E-state index contributed by atoms with van der Waals surface area (Å²) in [6, 6.07) is 18.8. The van der Waals surface area contributed by atoms with Gasteiger partial charge in [0.2, 0.25) is 0 Å². The van der Waals surface area contributed by atoms with Crippen molar-refractivity contribution in [3.8, 4) is 11.1 Å². The molecule has 0 spiro atoms. The molecule has 0 radical (unpaired) electrons. The van der Waals surface area contributed by atoms with Crippen LogP contribution < -0.4 is 0 Å². The van der Waals surface area contributed by atoms with E-state index in [1.807, 2.05) is 0 Å². The van der Waals surface area contributed by atoms with Crippen molar-refractivity contribution in [2.45, 2.75) is 103 Å². The summed E-state index contributed by atoms with van der Waals surface area (Å²) in [6.07, 6.45) is 17.9. The van der Waals surface area contributed by atoms with Crippen molar-refractivity contribution >= 4 is 0 Å². The molecule has 29 heavy (non-hydrogen) atoms. The molecule has 0 amide bonds. The second-order valence-corrected chi connectivity index (χ2v) is 9.34. The van der Waals surface area contributed by atoms with E-state index in [9.17, 15) is 0 Å². The molecule has 2 aromatic carbocycles. The number of unbranched alkanes of at least 4 members (excludes halogenated alkanes) is 5. The lowest BCUT2D eigenvalue weighted by Crippen LogP contribution is -2.13. The molecule has 0 N–H and O–H groups in total. The molecule has 0 nitrogen and oxygen atoms in total. The molecule has 0 aliphatic heterocycles. The molecule has 0 heteroatoms. The SMILES string of the molecule is CCCCCCCc1ccc(-c2ccc(C3CCC(CCCC)CC3)cc2)cc1. The standard InChI is InChI=1S/C29H42/c1-3-5-7-8-9-11-25-14-18-27(19-15-25)29-22-20-28(21-23-29)26-16-12-24(13-17-26)10-6-4-2/h14-15,18-24,26H,3-13,16-17H2,1-2H3. The van der Waals surface area contributed by atoms with Crippen LogP contribution in [0.1, 0.15) is 108 Å². The largest absolute Gasteiger partial charge is 0.0654 e. The minimum Gasteiger partial charge on any atom is -0.0654 e. The van der Waals surface area contributed by atoms with Gasteiger partial charge in [-0.05, 0) is 72.6 Å². The number of aryl methyl sites for hydroxylation is 1. The Kier molecular flexibility index (Phi) is 9.32. The fourth-order valence-electron chi connectivity index (χ4n) is 5.02. The second-order valence-electron chi connectivity index (χ2n) is 9.34. The predicted molar refractivity (Wildman–Crippen MR) is 129 cm³/mol. The van der Waals surface area contributed by atoms with Crippen molar-refractivity contribution in [2.24, 2.45) is 5.92 Å². The summed E-state index contributed by atoms with van der Waals surface area (Å²) in [6.45, 7) is 4.60. The van der Waals surface area contributed by atoms with Crippen molar-refractivity contribution < 1.29 is 0 Å². The monoisotopic (exact) mass is 390 g/mol. The molecule has 158 valence electrons. The molecule has 0 saturated heterocycles. The number of hydrogen-bond donors (Lipinski definition) is 0. The Balaban J connectivity index is 1.48. The van der Waals surface area contributed by atoms with Crippen LogP contribution in [0, 0.1) is 5.92 Å². The molecular weight excluding hydrogens is 348 g/mol. The van der Waals surface area contributed by atoms with E-state index in [-0.39, 0.29) is 0 Å². The zero-order valence-corrected chi connectivity index (χ0v) is 19.0. The third kappa shape index (κ3) is 7.02. The molecular formula is C29H42. The highest BCUT2D eigenvalue weighted by Gasteiger charge is 2.21. The van der Waals surface area contributed by atoms with E-state index in [1.54, 1.807) is 5.56 Å². The van der Waals surface area contributed by atoms with E-state index in [0.29, 0.717) is 0 Å². The molecule has 0 unspecified atom stereocenters. The lowest BCUT2D eigenvalue weighted by molar-refractivity contribution is 0.304. The van der Waals surface area contributed by atoms with E-state index in [2.05, 4.69) is 62.4 Å². The summed E-state index contributed by atoms with van der Waals surface area (Å²) in [5, 5.41) is 0. The second kappa shape index (κ2) is 12.2. The first-order valence-electron chi connectivity index (χ1n) is 12.5. The lowest BCUT2D eigenvalue weighted by Gasteiger charge is -2.29. The Bertz CT molecular complexity index is 671. The summed E-state index contributed by atoms with van der Waals surface area (Å²) in [7, 11) is 0. The van der Waals surface area contributed by atoms with Crippen LogP contribution in [0.3, 0.4) is 0 Å². The van der Waals surface area contributed by atoms with E-state index in [1.165, 1.54) is 100 Å². The molecule has 0 heterocycles. The van der Waals surface area contributed by atoms with E-state index < -0.39 is 0 Å². The van der Waals surface area contributed by atoms with Crippen LogP contribution in [0.4, 0.5) is 0 Å². The summed E-state index contributed by atoms with van der Waals surface area (Å²) in [4.78, 5) is 0. The van der Waals surface area contributed by atoms with Crippen molar-refractivity contribution in [1.82, 2.24) is 0 Å². The summed E-state index contributed by atoms with van der Waals surface area (Å²) < 4.78 is 0. The van der Waals surface area contributed by atoms with Gasteiger partial charge in [0.05, 0.1) is 0 Å². The van der Waals surface area contributed by atoms with Crippen LogP contribution in [0.2, 0.25) is 0 Å². The van der Waals surface area contributed by atoms with E-state index in [4.69, 9.17) is 0 Å². The number of hydrogen-bond acceptors (Lipinski definition) is 0. The smallest absolute Gasteiger partial charge is 0.0162 e. The summed E-state index contributed by atoms with van der Waals surface area (Å²) in [5.74, 6) is 1.78. The molecule has 0 bridgehead atoms. The van der Waals surface area contributed by atoms with Gasteiger partial charge in [-0.15, -0.1) is 0 Å². The zero-order chi connectivity index (χ0) is 20.3. The maximum Gasteiger partial charge on any atom is -0.0162 e. The van der Waals surface area contributed by atoms with Crippen LogP contribution in [0.25, 0.3) is 11.1 Å². The maximum atomic E-state index is 2.40. The molecule has 2 aromatic rings. The highest BCUT2D eigenvalue weighted by Crippen LogP contribution is 2.38. The van der Waals surface area contributed by atoms with Crippen LogP contribution in [0.15, 0.2) is 48.5 Å². The summed E-state index contributed by atoms with van der Waals surface area (Å²) >= 11 is 0.